The van der Waals surface area contributed by atoms with Crippen molar-refractivity contribution in [3.05, 3.63) is 46.1 Å². The zero-order valence-corrected chi connectivity index (χ0v) is 18.8. The Morgan fingerprint density at radius 2 is 1.94 bits per heavy atom. The average Bonchev–Trinajstić information content (AvgIpc) is 3.17. The van der Waals surface area contributed by atoms with Crippen LogP contribution in [0.4, 0.5) is 9.39 Å². The Morgan fingerprint density at radius 1 is 1.23 bits per heavy atom. The van der Waals surface area contributed by atoms with Gasteiger partial charge in [0, 0.05) is 23.5 Å². The molecule has 168 valence electrons. The molecule has 1 aliphatic heterocycles. The number of esters is 1. The standard InChI is InChI=1S/C20H23FN2O6S2/c1-3-14-12-15(20(25)29-4-2)19(30-14)22-18(24)13-5-6-16(21)17(11-13)31(26,27)23-7-9-28-10-8-23/h5-6,11-12H,3-4,7-10H2,1-2H3,(H,22,24). The van der Waals surface area contributed by atoms with Gasteiger partial charge in [0.1, 0.15) is 15.7 Å². The molecule has 0 unspecified atom stereocenters. The molecule has 0 atom stereocenters. The van der Waals surface area contributed by atoms with E-state index in [9.17, 15) is 22.4 Å². The largest absolute Gasteiger partial charge is 0.462 e. The Labute approximate surface area is 184 Å². The van der Waals surface area contributed by atoms with Crippen LogP contribution in [0.5, 0.6) is 0 Å². The van der Waals surface area contributed by atoms with Crippen LogP contribution >= 0.6 is 11.3 Å². The number of carbonyl (C=O) groups excluding carboxylic acids is 2. The number of thiophene rings is 1. The fourth-order valence-electron chi connectivity index (χ4n) is 3.01. The molecule has 1 aromatic carbocycles. The maximum Gasteiger partial charge on any atom is 0.341 e. The van der Waals surface area contributed by atoms with Crippen molar-refractivity contribution in [1.29, 1.82) is 0 Å². The van der Waals surface area contributed by atoms with Crippen molar-refractivity contribution in [1.82, 2.24) is 4.31 Å². The molecule has 0 radical (unpaired) electrons. The third-order valence-electron chi connectivity index (χ3n) is 4.64. The number of halogens is 1. The Kier molecular flexibility index (Phi) is 7.42. The number of sulfonamides is 1. The van der Waals surface area contributed by atoms with Gasteiger partial charge in [0.05, 0.1) is 25.4 Å². The smallest absolute Gasteiger partial charge is 0.341 e. The van der Waals surface area contributed by atoms with Gasteiger partial charge in [-0.2, -0.15) is 4.31 Å². The van der Waals surface area contributed by atoms with Gasteiger partial charge in [0.2, 0.25) is 10.0 Å². The van der Waals surface area contributed by atoms with E-state index >= 15 is 0 Å². The summed E-state index contributed by atoms with van der Waals surface area (Å²) in [7, 11) is -4.12. The first-order chi connectivity index (χ1) is 14.8. The Bertz CT molecular complexity index is 1080. The molecule has 11 heteroatoms. The zero-order valence-electron chi connectivity index (χ0n) is 17.1. The van der Waals surface area contributed by atoms with E-state index in [0.29, 0.717) is 11.4 Å². The molecular weight excluding hydrogens is 447 g/mol. The van der Waals surface area contributed by atoms with Crippen LogP contribution in [0.15, 0.2) is 29.2 Å². The number of rotatable bonds is 7. The molecule has 0 spiro atoms. The van der Waals surface area contributed by atoms with Gasteiger partial charge in [-0.3, -0.25) is 4.79 Å². The number of hydrogen-bond donors (Lipinski definition) is 1. The monoisotopic (exact) mass is 470 g/mol. The zero-order chi connectivity index (χ0) is 22.6. The predicted molar refractivity (Wildman–Crippen MR) is 114 cm³/mol. The summed E-state index contributed by atoms with van der Waals surface area (Å²) in [5.41, 5.74) is 0.176. The van der Waals surface area contributed by atoms with Crippen molar-refractivity contribution in [2.75, 3.05) is 38.2 Å². The van der Waals surface area contributed by atoms with Gasteiger partial charge in [-0.25, -0.2) is 17.6 Å². The molecule has 2 heterocycles. The van der Waals surface area contributed by atoms with Gasteiger partial charge in [0.25, 0.3) is 5.91 Å². The molecule has 1 fully saturated rings. The van der Waals surface area contributed by atoms with Crippen LogP contribution < -0.4 is 5.32 Å². The first-order valence-electron chi connectivity index (χ1n) is 9.76. The first kappa shape index (κ1) is 23.3. The van der Waals surface area contributed by atoms with E-state index in [4.69, 9.17) is 9.47 Å². The molecule has 3 rings (SSSR count). The van der Waals surface area contributed by atoms with Crippen molar-refractivity contribution in [3.63, 3.8) is 0 Å². The highest BCUT2D eigenvalue weighted by Gasteiger charge is 2.30. The van der Waals surface area contributed by atoms with Crippen LogP contribution in [0.2, 0.25) is 0 Å². The SMILES string of the molecule is CCOC(=O)c1cc(CC)sc1NC(=O)c1ccc(F)c(S(=O)(=O)N2CCOCC2)c1. The second-order valence-electron chi connectivity index (χ2n) is 6.65. The van der Waals surface area contributed by atoms with Gasteiger partial charge in [0.15, 0.2) is 0 Å². The predicted octanol–water partition coefficient (Wildman–Crippen LogP) is 2.90. The summed E-state index contributed by atoms with van der Waals surface area (Å²) >= 11 is 1.23. The summed E-state index contributed by atoms with van der Waals surface area (Å²) in [5, 5.41) is 2.92. The van der Waals surface area contributed by atoms with E-state index < -0.39 is 32.6 Å². The number of ether oxygens (including phenoxy) is 2. The Balaban J connectivity index is 1.89. The molecule has 1 aliphatic rings. The number of nitrogens with zero attached hydrogens (tertiary/aromatic N) is 1. The topological polar surface area (TPSA) is 102 Å². The van der Waals surface area contributed by atoms with Gasteiger partial charge >= 0.3 is 5.97 Å². The minimum atomic E-state index is -4.12. The summed E-state index contributed by atoms with van der Waals surface area (Å²) in [4.78, 5) is 25.3. The lowest BCUT2D eigenvalue weighted by Crippen LogP contribution is -2.41. The highest BCUT2D eigenvalue weighted by molar-refractivity contribution is 7.89. The van der Waals surface area contributed by atoms with Crippen molar-refractivity contribution in [2.45, 2.75) is 25.2 Å². The number of anilines is 1. The highest BCUT2D eigenvalue weighted by Crippen LogP contribution is 2.30. The Hall–Kier alpha value is -2.34. The number of benzene rings is 1. The van der Waals surface area contributed by atoms with Crippen LogP contribution in [-0.4, -0.2) is 57.5 Å². The van der Waals surface area contributed by atoms with E-state index in [-0.39, 0.29) is 44.0 Å². The van der Waals surface area contributed by atoms with Gasteiger partial charge in [-0.1, -0.05) is 6.92 Å². The molecule has 1 N–H and O–H groups in total. The molecule has 0 aliphatic carbocycles. The minimum absolute atomic E-state index is 0.0468. The number of aryl methyl sites for hydroxylation is 1. The van der Waals surface area contributed by atoms with Crippen LogP contribution in [0.3, 0.4) is 0 Å². The van der Waals surface area contributed by atoms with E-state index in [0.717, 1.165) is 21.3 Å². The molecule has 0 saturated carbocycles. The lowest BCUT2D eigenvalue weighted by molar-refractivity contribution is 0.0528. The lowest BCUT2D eigenvalue weighted by atomic mass is 10.2. The molecule has 0 bridgehead atoms. The van der Waals surface area contributed by atoms with Crippen LogP contribution in [0, 0.1) is 5.82 Å². The molecule has 2 aromatic rings. The van der Waals surface area contributed by atoms with Crippen molar-refractivity contribution >= 4 is 38.2 Å². The third kappa shape index (κ3) is 5.12. The second kappa shape index (κ2) is 9.86. The second-order valence-corrected chi connectivity index (χ2v) is 9.69. The van der Waals surface area contributed by atoms with E-state index in [2.05, 4.69) is 5.32 Å². The maximum atomic E-state index is 14.4. The van der Waals surface area contributed by atoms with Crippen molar-refractivity contribution in [2.24, 2.45) is 0 Å². The molecule has 1 amide bonds. The van der Waals surface area contributed by atoms with Crippen LogP contribution in [0.1, 0.15) is 39.4 Å². The Morgan fingerprint density at radius 3 is 2.58 bits per heavy atom. The molecule has 8 nitrogen and oxygen atoms in total. The van der Waals surface area contributed by atoms with Crippen molar-refractivity contribution < 1.29 is 31.9 Å². The summed E-state index contributed by atoms with van der Waals surface area (Å²) in [6.07, 6.45) is 0.658. The highest BCUT2D eigenvalue weighted by atomic mass is 32.2. The van der Waals surface area contributed by atoms with E-state index in [1.54, 1.807) is 13.0 Å². The van der Waals surface area contributed by atoms with E-state index in [1.807, 2.05) is 6.92 Å². The van der Waals surface area contributed by atoms with Gasteiger partial charge in [-0.05, 0) is 37.6 Å². The average molecular weight is 471 g/mol. The maximum absolute atomic E-state index is 14.4. The summed E-state index contributed by atoms with van der Waals surface area (Å²) in [6.45, 7) is 4.43. The molecule has 1 aromatic heterocycles. The molecular formula is C20H23FN2O6S2. The number of carbonyl (C=O) groups is 2. The number of hydrogen-bond acceptors (Lipinski definition) is 7. The van der Waals surface area contributed by atoms with E-state index in [1.165, 1.54) is 17.4 Å². The summed E-state index contributed by atoms with van der Waals surface area (Å²) < 4.78 is 51.4. The van der Waals surface area contributed by atoms with Crippen molar-refractivity contribution in [3.8, 4) is 0 Å². The van der Waals surface area contributed by atoms with Crippen LogP contribution in [-0.2, 0) is 25.9 Å². The quantitative estimate of drug-likeness (QED) is 0.625. The minimum Gasteiger partial charge on any atom is -0.462 e. The normalized spacial score (nSPS) is 14.9. The third-order valence-corrected chi connectivity index (χ3v) is 7.74. The number of nitrogens with one attached hydrogen (secondary N) is 1. The molecule has 1 saturated heterocycles. The van der Waals surface area contributed by atoms with Gasteiger partial charge < -0.3 is 14.8 Å². The number of amides is 1. The fourth-order valence-corrected chi connectivity index (χ4v) is 5.49. The fraction of sp³-hybridized carbons (Fsp3) is 0.400. The summed E-state index contributed by atoms with van der Waals surface area (Å²) in [6, 6.07) is 4.80. The van der Waals surface area contributed by atoms with Gasteiger partial charge in [-0.15, -0.1) is 11.3 Å². The number of morpholine rings is 1. The first-order valence-corrected chi connectivity index (χ1v) is 12.0. The van der Waals surface area contributed by atoms with Crippen LogP contribution in [0.25, 0.3) is 0 Å². The summed E-state index contributed by atoms with van der Waals surface area (Å²) in [5.74, 6) is -2.17. The lowest BCUT2D eigenvalue weighted by Gasteiger charge is -2.26. The molecule has 31 heavy (non-hydrogen) atoms.